The monoisotopic (exact) mass is 241 g/mol. The summed E-state index contributed by atoms with van der Waals surface area (Å²) in [5.41, 5.74) is 0.366. The van der Waals surface area contributed by atoms with Gasteiger partial charge in [-0.2, -0.15) is 5.26 Å². The molecule has 17 heavy (non-hydrogen) atoms. The lowest BCUT2D eigenvalue weighted by Gasteiger charge is -2.18. The highest BCUT2D eigenvalue weighted by molar-refractivity contribution is 5.48. The van der Waals surface area contributed by atoms with E-state index in [4.69, 9.17) is 14.7 Å². The predicted molar refractivity (Wildman–Crippen MR) is 58.4 cm³/mol. The first-order valence-corrected chi connectivity index (χ1v) is 4.94. The minimum atomic E-state index is -3.25. The van der Waals surface area contributed by atoms with Crippen molar-refractivity contribution in [3.8, 4) is 17.6 Å². The molecule has 0 N–H and O–H groups in total. The van der Waals surface area contributed by atoms with Gasteiger partial charge in [0.1, 0.15) is 17.9 Å². The van der Waals surface area contributed by atoms with E-state index in [0.29, 0.717) is 11.3 Å². The predicted octanol–water partition coefficient (Wildman–Crippen LogP) is 3.02. The molecule has 0 spiro atoms. The maximum atomic E-state index is 13.7. The lowest BCUT2D eigenvalue weighted by Crippen LogP contribution is -2.14. The van der Waals surface area contributed by atoms with Crippen molar-refractivity contribution in [2.24, 2.45) is 0 Å². The minimum absolute atomic E-state index is 0.0588. The summed E-state index contributed by atoms with van der Waals surface area (Å²) in [6, 6.07) is 4.15. The molecular weight excluding hydrogens is 228 g/mol. The molecular formula is C12H13F2NO2. The van der Waals surface area contributed by atoms with Crippen molar-refractivity contribution in [3.05, 3.63) is 23.3 Å². The topological polar surface area (TPSA) is 42.2 Å². The first kappa shape index (κ1) is 13.2. The molecule has 0 unspecified atom stereocenters. The van der Waals surface area contributed by atoms with Crippen molar-refractivity contribution >= 4 is 0 Å². The van der Waals surface area contributed by atoms with Crippen molar-refractivity contribution in [1.82, 2.24) is 0 Å². The van der Waals surface area contributed by atoms with Gasteiger partial charge in [-0.25, -0.2) is 8.78 Å². The largest absolute Gasteiger partial charge is 0.496 e. The Balaban J connectivity index is 3.36. The zero-order chi connectivity index (χ0) is 13.1. The van der Waals surface area contributed by atoms with Crippen LogP contribution in [0.1, 0.15) is 17.5 Å². The van der Waals surface area contributed by atoms with Gasteiger partial charge in [-0.05, 0) is 24.6 Å². The van der Waals surface area contributed by atoms with Crippen LogP contribution in [0.4, 0.5) is 8.78 Å². The number of nitriles is 1. The third kappa shape index (κ3) is 2.64. The smallest absolute Gasteiger partial charge is 0.289 e. The molecule has 3 nitrogen and oxygen atoms in total. The van der Waals surface area contributed by atoms with E-state index < -0.39 is 12.3 Å². The number of rotatable bonds is 4. The number of hydrogen-bond donors (Lipinski definition) is 0. The van der Waals surface area contributed by atoms with Gasteiger partial charge in [-0.15, -0.1) is 0 Å². The van der Waals surface area contributed by atoms with Crippen LogP contribution in [-0.4, -0.2) is 14.2 Å². The maximum Gasteiger partial charge on any atom is 0.289 e. The molecule has 0 saturated carbocycles. The summed E-state index contributed by atoms with van der Waals surface area (Å²) in [5, 5.41) is 8.41. The van der Waals surface area contributed by atoms with Gasteiger partial charge >= 0.3 is 0 Å². The van der Waals surface area contributed by atoms with E-state index in [1.165, 1.54) is 32.4 Å². The zero-order valence-electron chi connectivity index (χ0n) is 9.88. The fourth-order valence-electron chi connectivity index (χ4n) is 1.53. The van der Waals surface area contributed by atoms with Gasteiger partial charge in [0, 0.05) is 0 Å². The van der Waals surface area contributed by atoms with E-state index >= 15 is 0 Å². The van der Waals surface area contributed by atoms with E-state index in [-0.39, 0.29) is 11.3 Å². The zero-order valence-corrected chi connectivity index (χ0v) is 9.88. The highest BCUT2D eigenvalue weighted by Gasteiger charge is 2.35. The molecule has 0 aromatic heterocycles. The standard InChI is InChI=1S/C12H13F2NO2/c1-8-6-11(17-3)9(7-10(8)16-2)12(13,14)4-5-15/h6-7H,4H2,1-3H3. The molecule has 0 aliphatic rings. The third-order valence-corrected chi connectivity index (χ3v) is 2.41. The van der Waals surface area contributed by atoms with Gasteiger partial charge in [-0.3, -0.25) is 0 Å². The Hall–Kier alpha value is -1.83. The Morgan fingerprint density at radius 2 is 1.82 bits per heavy atom. The fraction of sp³-hybridized carbons (Fsp3) is 0.417. The number of alkyl halides is 2. The summed E-state index contributed by atoms with van der Waals surface area (Å²) >= 11 is 0. The van der Waals surface area contributed by atoms with Crippen LogP contribution in [0.2, 0.25) is 0 Å². The second kappa shape index (κ2) is 5.00. The summed E-state index contributed by atoms with van der Waals surface area (Å²) in [6.45, 7) is 1.73. The number of ether oxygens (including phenoxy) is 2. The SMILES string of the molecule is COc1cc(C(F)(F)CC#N)c(OC)cc1C. The molecule has 0 saturated heterocycles. The summed E-state index contributed by atoms with van der Waals surface area (Å²) < 4.78 is 37.3. The molecule has 0 bridgehead atoms. The van der Waals surface area contributed by atoms with Crippen molar-refractivity contribution in [2.75, 3.05) is 14.2 Å². The normalized spacial score (nSPS) is 10.8. The third-order valence-electron chi connectivity index (χ3n) is 2.41. The van der Waals surface area contributed by atoms with Crippen LogP contribution in [0.3, 0.4) is 0 Å². The van der Waals surface area contributed by atoms with Crippen LogP contribution in [0, 0.1) is 18.3 Å². The first-order valence-electron chi connectivity index (χ1n) is 4.94. The Morgan fingerprint density at radius 1 is 1.24 bits per heavy atom. The minimum Gasteiger partial charge on any atom is -0.496 e. The Labute approximate surface area is 98.6 Å². The van der Waals surface area contributed by atoms with Crippen molar-refractivity contribution in [2.45, 2.75) is 19.3 Å². The summed E-state index contributed by atoms with van der Waals surface area (Å²) in [7, 11) is 2.72. The Morgan fingerprint density at radius 3 is 2.29 bits per heavy atom. The molecule has 1 aromatic carbocycles. The maximum absolute atomic E-state index is 13.7. The Bertz CT molecular complexity index is 453. The lowest BCUT2D eigenvalue weighted by molar-refractivity contribution is -0.00148. The molecule has 0 fully saturated rings. The number of aryl methyl sites for hydroxylation is 1. The van der Waals surface area contributed by atoms with Gasteiger partial charge in [-0.1, -0.05) is 0 Å². The molecule has 0 aliphatic carbocycles. The summed E-state index contributed by atoms with van der Waals surface area (Å²) in [5.74, 6) is -2.84. The molecule has 1 aromatic rings. The van der Waals surface area contributed by atoms with Crippen molar-refractivity contribution in [3.63, 3.8) is 0 Å². The van der Waals surface area contributed by atoms with Crippen molar-refractivity contribution in [1.29, 1.82) is 5.26 Å². The molecule has 5 heteroatoms. The van der Waals surface area contributed by atoms with Crippen LogP contribution in [0.25, 0.3) is 0 Å². The van der Waals surface area contributed by atoms with E-state index in [2.05, 4.69) is 0 Å². The van der Waals surface area contributed by atoms with Crippen LogP contribution in [0.5, 0.6) is 11.5 Å². The number of benzene rings is 1. The van der Waals surface area contributed by atoms with Crippen LogP contribution in [-0.2, 0) is 5.92 Å². The molecule has 0 radical (unpaired) electrons. The highest BCUT2D eigenvalue weighted by Crippen LogP contribution is 2.40. The number of nitrogens with zero attached hydrogens (tertiary/aromatic N) is 1. The van der Waals surface area contributed by atoms with Gasteiger partial charge in [0.05, 0.1) is 25.9 Å². The summed E-state index contributed by atoms with van der Waals surface area (Å²) in [6.07, 6.45) is -0.893. The second-order valence-electron chi connectivity index (χ2n) is 3.56. The average molecular weight is 241 g/mol. The van der Waals surface area contributed by atoms with Gasteiger partial charge in [0.15, 0.2) is 0 Å². The first-order chi connectivity index (χ1) is 7.96. The summed E-state index contributed by atoms with van der Waals surface area (Å²) in [4.78, 5) is 0. The van der Waals surface area contributed by atoms with Gasteiger partial charge < -0.3 is 9.47 Å². The fourth-order valence-corrected chi connectivity index (χ4v) is 1.53. The number of halogens is 2. The number of hydrogen-bond acceptors (Lipinski definition) is 3. The number of methoxy groups -OCH3 is 2. The van der Waals surface area contributed by atoms with E-state index in [1.54, 1.807) is 6.92 Å². The van der Waals surface area contributed by atoms with Crippen LogP contribution < -0.4 is 9.47 Å². The molecule has 92 valence electrons. The highest BCUT2D eigenvalue weighted by atomic mass is 19.3. The average Bonchev–Trinajstić information content (AvgIpc) is 2.28. The molecule has 1 rings (SSSR count). The van der Waals surface area contributed by atoms with Gasteiger partial charge in [0.25, 0.3) is 5.92 Å². The molecule has 0 heterocycles. The van der Waals surface area contributed by atoms with Gasteiger partial charge in [0.2, 0.25) is 0 Å². The van der Waals surface area contributed by atoms with E-state index in [9.17, 15) is 8.78 Å². The second-order valence-corrected chi connectivity index (χ2v) is 3.56. The Kier molecular flexibility index (Phi) is 3.89. The van der Waals surface area contributed by atoms with Crippen LogP contribution >= 0.6 is 0 Å². The van der Waals surface area contributed by atoms with Crippen LogP contribution in [0.15, 0.2) is 12.1 Å². The van der Waals surface area contributed by atoms with Crippen molar-refractivity contribution < 1.29 is 18.3 Å². The molecule has 0 atom stereocenters. The van der Waals surface area contributed by atoms with E-state index in [0.717, 1.165) is 0 Å². The quantitative estimate of drug-likeness (QED) is 0.813. The van der Waals surface area contributed by atoms with E-state index in [1.807, 2.05) is 0 Å². The molecule has 0 amide bonds. The molecule has 0 aliphatic heterocycles. The lowest BCUT2D eigenvalue weighted by atomic mass is 10.0.